The molecule has 0 saturated carbocycles. The number of nitrogens with one attached hydrogen (secondary N) is 1. The molecule has 9 heteroatoms. The number of nitro benzene ring substituents is 1. The first-order valence-corrected chi connectivity index (χ1v) is 8.92. The summed E-state index contributed by atoms with van der Waals surface area (Å²) >= 11 is 6.39. The molecule has 0 fully saturated rings. The van der Waals surface area contributed by atoms with E-state index < -0.39 is 28.7 Å². The van der Waals surface area contributed by atoms with Crippen LogP contribution in [0.25, 0.3) is 10.9 Å². The predicted octanol–water partition coefficient (Wildman–Crippen LogP) is 3.82. The van der Waals surface area contributed by atoms with Gasteiger partial charge in [-0.05, 0) is 23.3 Å². The molecular formula is C20H17ClN2O6. The molecule has 0 spiro atoms. The van der Waals surface area contributed by atoms with Gasteiger partial charge in [0.25, 0.3) is 5.69 Å². The number of carbonyl (C=O) groups is 2. The lowest BCUT2D eigenvalue weighted by Crippen LogP contribution is -2.32. The van der Waals surface area contributed by atoms with Gasteiger partial charge in [0.2, 0.25) is 0 Å². The third-order valence-corrected chi connectivity index (χ3v) is 5.04. The van der Waals surface area contributed by atoms with Gasteiger partial charge in [-0.15, -0.1) is 0 Å². The third-order valence-electron chi connectivity index (χ3n) is 4.73. The number of esters is 2. The second-order valence-electron chi connectivity index (χ2n) is 6.26. The highest BCUT2D eigenvalue weighted by Crippen LogP contribution is 2.40. The molecule has 2 aromatic carbocycles. The molecule has 0 aliphatic carbocycles. The number of ether oxygens (including phenoxy) is 2. The van der Waals surface area contributed by atoms with Gasteiger partial charge in [0, 0.05) is 35.2 Å². The Bertz CT molecular complexity index is 1060. The lowest BCUT2D eigenvalue weighted by molar-refractivity contribution is -0.384. The Balaban J connectivity index is 2.26. The number of hydrogen-bond donors (Lipinski definition) is 1. The number of halogens is 1. The van der Waals surface area contributed by atoms with Crippen LogP contribution in [0.15, 0.2) is 48.7 Å². The number of aromatic amines is 1. The molecule has 3 aromatic rings. The summed E-state index contributed by atoms with van der Waals surface area (Å²) < 4.78 is 9.70. The van der Waals surface area contributed by atoms with Crippen LogP contribution in [-0.4, -0.2) is 36.1 Å². The largest absolute Gasteiger partial charge is 0.468 e. The summed E-state index contributed by atoms with van der Waals surface area (Å²) in [5.41, 5.74) is 1.67. The van der Waals surface area contributed by atoms with Crippen LogP contribution in [0.5, 0.6) is 0 Å². The van der Waals surface area contributed by atoms with Crippen molar-refractivity contribution in [1.29, 1.82) is 0 Å². The number of nitro groups is 1. The Morgan fingerprint density at radius 1 is 1.07 bits per heavy atom. The third kappa shape index (κ3) is 3.79. The molecular weight excluding hydrogens is 400 g/mol. The molecule has 0 aliphatic heterocycles. The van der Waals surface area contributed by atoms with Crippen LogP contribution in [0.3, 0.4) is 0 Å². The van der Waals surface area contributed by atoms with Crippen molar-refractivity contribution in [2.75, 3.05) is 14.2 Å². The minimum Gasteiger partial charge on any atom is -0.468 e. The van der Waals surface area contributed by atoms with Crippen molar-refractivity contribution < 1.29 is 24.0 Å². The molecule has 1 atom stereocenters. The van der Waals surface area contributed by atoms with Gasteiger partial charge in [-0.3, -0.25) is 19.7 Å². The maximum absolute atomic E-state index is 12.5. The van der Waals surface area contributed by atoms with Crippen LogP contribution in [0.1, 0.15) is 17.0 Å². The summed E-state index contributed by atoms with van der Waals surface area (Å²) in [4.78, 5) is 38.6. The van der Waals surface area contributed by atoms with Crippen LogP contribution in [0, 0.1) is 16.0 Å². The van der Waals surface area contributed by atoms with Gasteiger partial charge in [-0.25, -0.2) is 0 Å². The summed E-state index contributed by atoms with van der Waals surface area (Å²) in [5, 5.41) is 12.1. The summed E-state index contributed by atoms with van der Waals surface area (Å²) in [5.74, 6) is -3.76. The minimum atomic E-state index is -1.33. The smallest absolute Gasteiger partial charge is 0.321 e. The number of carbonyl (C=O) groups excluding carboxylic acids is 2. The number of nitrogens with zero attached hydrogens (tertiary/aromatic N) is 1. The molecule has 1 aromatic heterocycles. The Morgan fingerprint density at radius 2 is 1.69 bits per heavy atom. The number of benzene rings is 2. The first-order valence-electron chi connectivity index (χ1n) is 8.54. The lowest BCUT2D eigenvalue weighted by atomic mass is 9.80. The fourth-order valence-electron chi connectivity index (χ4n) is 3.39. The van der Waals surface area contributed by atoms with Gasteiger partial charge in [0.05, 0.1) is 24.2 Å². The molecule has 1 N–H and O–H groups in total. The van der Waals surface area contributed by atoms with Gasteiger partial charge in [0.1, 0.15) is 0 Å². The number of rotatable bonds is 6. The van der Waals surface area contributed by atoms with Gasteiger partial charge in [-0.2, -0.15) is 0 Å². The Morgan fingerprint density at radius 3 is 2.24 bits per heavy atom. The monoisotopic (exact) mass is 416 g/mol. The maximum atomic E-state index is 12.5. The number of hydrogen-bond acceptors (Lipinski definition) is 6. The molecule has 0 aliphatic rings. The second kappa shape index (κ2) is 8.32. The standard InChI is InChI=1S/C20H17ClN2O6/c1-28-19(24)18(20(25)29-2)16(11-6-8-12(9-7-11)23(26)27)13-10-22-15-5-3-4-14(21)17(13)15/h3-10,16,18,22H,1-2H3. The minimum absolute atomic E-state index is 0.114. The first-order chi connectivity index (χ1) is 13.9. The number of fused-ring (bicyclic) bond motifs is 1. The summed E-state index contributed by atoms with van der Waals surface area (Å²) in [7, 11) is 2.35. The molecule has 0 radical (unpaired) electrons. The highest BCUT2D eigenvalue weighted by molar-refractivity contribution is 6.35. The van der Waals surface area contributed by atoms with E-state index in [4.69, 9.17) is 21.1 Å². The summed E-state index contributed by atoms with van der Waals surface area (Å²) in [6, 6.07) is 10.9. The normalized spacial score (nSPS) is 12.0. The zero-order valence-corrected chi connectivity index (χ0v) is 16.3. The van der Waals surface area contributed by atoms with Crippen molar-refractivity contribution in [1.82, 2.24) is 4.98 Å². The van der Waals surface area contributed by atoms with E-state index in [1.165, 1.54) is 38.5 Å². The van der Waals surface area contributed by atoms with Crippen molar-refractivity contribution in [3.05, 3.63) is 74.9 Å². The van der Waals surface area contributed by atoms with Crippen molar-refractivity contribution >= 4 is 40.1 Å². The Kier molecular flexibility index (Phi) is 5.84. The Labute approximate surface area is 170 Å². The van der Waals surface area contributed by atoms with E-state index in [9.17, 15) is 19.7 Å². The van der Waals surface area contributed by atoms with Crippen LogP contribution < -0.4 is 0 Å². The van der Waals surface area contributed by atoms with Crippen LogP contribution in [0.2, 0.25) is 5.02 Å². The molecule has 0 saturated heterocycles. The van der Waals surface area contributed by atoms with Crippen LogP contribution >= 0.6 is 11.6 Å². The van der Waals surface area contributed by atoms with E-state index in [2.05, 4.69) is 4.98 Å². The summed E-state index contributed by atoms with van der Waals surface area (Å²) in [6.07, 6.45) is 1.65. The van der Waals surface area contributed by atoms with Gasteiger partial charge in [-0.1, -0.05) is 29.8 Å². The molecule has 1 unspecified atom stereocenters. The van der Waals surface area contributed by atoms with E-state index in [-0.39, 0.29) is 5.69 Å². The summed E-state index contributed by atoms with van der Waals surface area (Å²) in [6.45, 7) is 0. The highest BCUT2D eigenvalue weighted by atomic mass is 35.5. The fourth-order valence-corrected chi connectivity index (χ4v) is 3.67. The van der Waals surface area contributed by atoms with Crippen LogP contribution in [0.4, 0.5) is 5.69 Å². The second-order valence-corrected chi connectivity index (χ2v) is 6.66. The molecule has 3 rings (SSSR count). The van der Waals surface area contributed by atoms with Crippen LogP contribution in [-0.2, 0) is 19.1 Å². The van der Waals surface area contributed by atoms with E-state index in [1.54, 1.807) is 18.3 Å². The van der Waals surface area contributed by atoms with Crippen molar-refractivity contribution in [2.45, 2.75) is 5.92 Å². The van der Waals surface area contributed by atoms with Gasteiger partial charge < -0.3 is 14.5 Å². The average Bonchev–Trinajstić information content (AvgIpc) is 3.16. The fraction of sp³-hybridized carbons (Fsp3) is 0.200. The van der Waals surface area contributed by atoms with E-state index in [0.717, 1.165) is 0 Å². The van der Waals surface area contributed by atoms with Gasteiger partial charge >= 0.3 is 11.9 Å². The molecule has 0 amide bonds. The average molecular weight is 417 g/mol. The molecule has 29 heavy (non-hydrogen) atoms. The number of non-ortho nitro benzene ring substituents is 1. The predicted molar refractivity (Wildman–Crippen MR) is 106 cm³/mol. The molecule has 1 heterocycles. The van der Waals surface area contributed by atoms with Gasteiger partial charge in [0.15, 0.2) is 5.92 Å². The zero-order chi connectivity index (χ0) is 21.1. The number of H-pyrrole nitrogens is 1. The van der Waals surface area contributed by atoms with E-state index in [1.807, 2.05) is 6.07 Å². The molecule has 8 nitrogen and oxygen atoms in total. The zero-order valence-electron chi connectivity index (χ0n) is 15.5. The van der Waals surface area contributed by atoms with Crippen molar-refractivity contribution in [2.24, 2.45) is 5.92 Å². The highest BCUT2D eigenvalue weighted by Gasteiger charge is 2.40. The van der Waals surface area contributed by atoms with Crippen molar-refractivity contribution in [3.8, 4) is 0 Å². The topological polar surface area (TPSA) is 112 Å². The lowest BCUT2D eigenvalue weighted by Gasteiger charge is -2.24. The van der Waals surface area contributed by atoms with E-state index >= 15 is 0 Å². The SMILES string of the molecule is COC(=O)C(C(=O)OC)C(c1ccc([N+](=O)[O-])cc1)c1c[nH]c2cccc(Cl)c12. The van der Waals surface area contributed by atoms with Crippen molar-refractivity contribution in [3.63, 3.8) is 0 Å². The maximum Gasteiger partial charge on any atom is 0.321 e. The number of aromatic nitrogens is 1. The number of methoxy groups -OCH3 is 2. The molecule has 150 valence electrons. The molecule has 0 bridgehead atoms. The Hall–Kier alpha value is -3.39. The first kappa shape index (κ1) is 20.3. The quantitative estimate of drug-likeness (QED) is 0.283. The van der Waals surface area contributed by atoms with E-state index in [0.29, 0.717) is 27.1 Å².